The normalized spacial score (nSPS) is 14.6. The van der Waals surface area contributed by atoms with Gasteiger partial charge in [-0.25, -0.2) is 24.5 Å². The Balaban J connectivity index is 1.66. The van der Waals surface area contributed by atoms with E-state index in [1.807, 2.05) is 25.7 Å². The molecule has 0 spiro atoms. The van der Waals surface area contributed by atoms with Crippen LogP contribution in [0.25, 0.3) is 22.2 Å². The average Bonchev–Trinajstić information content (AvgIpc) is 2.86. The Morgan fingerprint density at radius 3 is 2.21 bits per heavy atom. The zero-order chi connectivity index (χ0) is 31.7. The van der Waals surface area contributed by atoms with Crippen molar-refractivity contribution in [1.82, 2.24) is 19.9 Å². The second kappa shape index (κ2) is 12.0. The molecule has 2 amide bonds. The van der Waals surface area contributed by atoms with Gasteiger partial charge in [-0.05, 0) is 65.3 Å². The van der Waals surface area contributed by atoms with Crippen molar-refractivity contribution in [2.24, 2.45) is 0 Å². The van der Waals surface area contributed by atoms with E-state index in [1.165, 1.54) is 18.5 Å². The van der Waals surface area contributed by atoms with Crippen LogP contribution in [0, 0.1) is 0 Å². The summed E-state index contributed by atoms with van der Waals surface area (Å²) in [5.41, 5.74) is -0.930. The third kappa shape index (κ3) is 8.59. The van der Waals surface area contributed by atoms with Crippen LogP contribution in [0.5, 0.6) is 0 Å². The first kappa shape index (κ1) is 32.1. The molecule has 0 aliphatic carbocycles. The number of ether oxygens (including phenoxy) is 2. The highest BCUT2D eigenvalue weighted by Gasteiger charge is 2.31. The predicted octanol–water partition coefficient (Wildman–Crippen LogP) is 6.85. The summed E-state index contributed by atoms with van der Waals surface area (Å²) in [7, 11) is 0. The Hall–Kier alpha value is -3.87. The van der Waals surface area contributed by atoms with Crippen LogP contribution < -0.4 is 10.2 Å². The quantitative estimate of drug-likeness (QED) is 0.336. The van der Waals surface area contributed by atoms with Gasteiger partial charge in [0.1, 0.15) is 29.2 Å². The second-order valence-electron chi connectivity index (χ2n) is 12.1. The number of alkyl halides is 3. The lowest BCUT2D eigenvalue weighted by atomic mass is 10.0. The number of hydrogen-bond donors (Lipinski definition) is 1. The standard InChI is InChI=1S/C29H34ClF3N6O4/c1-27(2,3)42-25(40)37-22-8-7-17(15-29(31,32)33)23(36-22)18-14-21-19(13-20(18)30)24(35-16-34-21)38-9-11-39(12-10-38)26(41)43-28(4,5)6/h7-8,13-14,16H,9-12,15H2,1-6H3,(H,36,37,40). The van der Waals surface area contributed by atoms with Gasteiger partial charge in [0, 0.05) is 37.1 Å². The Kier molecular flexibility index (Phi) is 8.96. The van der Waals surface area contributed by atoms with Gasteiger partial charge >= 0.3 is 18.4 Å². The van der Waals surface area contributed by atoms with Gasteiger partial charge in [-0.2, -0.15) is 13.2 Å². The summed E-state index contributed by atoms with van der Waals surface area (Å²) < 4.78 is 51.2. The summed E-state index contributed by atoms with van der Waals surface area (Å²) in [4.78, 5) is 41.5. The van der Waals surface area contributed by atoms with Gasteiger partial charge in [0.2, 0.25) is 0 Å². The number of fused-ring (bicyclic) bond motifs is 1. The number of amides is 2. The molecule has 0 atom stereocenters. The highest BCUT2D eigenvalue weighted by atomic mass is 35.5. The third-order valence-electron chi connectivity index (χ3n) is 6.19. The number of nitrogens with one attached hydrogen (secondary N) is 1. The number of halogens is 4. The second-order valence-corrected chi connectivity index (χ2v) is 12.5. The van der Waals surface area contributed by atoms with Gasteiger partial charge in [0.05, 0.1) is 22.7 Å². The summed E-state index contributed by atoms with van der Waals surface area (Å²) in [6.45, 7) is 12.2. The van der Waals surface area contributed by atoms with E-state index >= 15 is 0 Å². The Labute approximate surface area is 252 Å². The van der Waals surface area contributed by atoms with E-state index in [2.05, 4.69) is 20.3 Å². The molecule has 2 aromatic heterocycles. The van der Waals surface area contributed by atoms with Crippen LogP contribution in [0.3, 0.4) is 0 Å². The highest BCUT2D eigenvalue weighted by Crippen LogP contribution is 2.37. The number of benzene rings is 1. The first-order valence-electron chi connectivity index (χ1n) is 13.6. The lowest BCUT2D eigenvalue weighted by Gasteiger charge is -2.36. The molecule has 43 heavy (non-hydrogen) atoms. The van der Waals surface area contributed by atoms with Crippen molar-refractivity contribution in [2.45, 2.75) is 65.3 Å². The lowest BCUT2D eigenvalue weighted by molar-refractivity contribution is -0.127. The molecule has 0 unspecified atom stereocenters. The van der Waals surface area contributed by atoms with Crippen LogP contribution in [0.1, 0.15) is 47.1 Å². The largest absolute Gasteiger partial charge is 0.444 e. The molecular weight excluding hydrogens is 589 g/mol. The van der Waals surface area contributed by atoms with E-state index in [0.29, 0.717) is 42.9 Å². The van der Waals surface area contributed by atoms with Crippen molar-refractivity contribution in [3.05, 3.63) is 41.2 Å². The molecule has 1 fully saturated rings. The minimum Gasteiger partial charge on any atom is -0.444 e. The topological polar surface area (TPSA) is 110 Å². The van der Waals surface area contributed by atoms with Crippen molar-refractivity contribution in [3.8, 4) is 11.3 Å². The Morgan fingerprint density at radius 2 is 1.60 bits per heavy atom. The fourth-order valence-electron chi connectivity index (χ4n) is 4.48. The molecule has 1 aliphatic rings. The molecule has 0 bridgehead atoms. The smallest absolute Gasteiger partial charge is 0.413 e. The lowest BCUT2D eigenvalue weighted by Crippen LogP contribution is -2.50. The van der Waals surface area contributed by atoms with Gasteiger partial charge in [-0.3, -0.25) is 5.32 Å². The van der Waals surface area contributed by atoms with Gasteiger partial charge in [0.25, 0.3) is 0 Å². The molecule has 3 aromatic rings. The molecule has 1 N–H and O–H groups in total. The molecule has 10 nitrogen and oxygen atoms in total. The number of piperazine rings is 1. The van der Waals surface area contributed by atoms with Crippen molar-refractivity contribution < 1.29 is 32.2 Å². The molecule has 4 rings (SSSR count). The number of anilines is 2. The molecule has 1 aliphatic heterocycles. The number of aromatic nitrogens is 3. The number of hydrogen-bond acceptors (Lipinski definition) is 8. The number of rotatable bonds is 4. The van der Waals surface area contributed by atoms with E-state index in [9.17, 15) is 22.8 Å². The van der Waals surface area contributed by atoms with Gasteiger partial charge < -0.3 is 19.3 Å². The van der Waals surface area contributed by atoms with Crippen LogP contribution >= 0.6 is 11.6 Å². The van der Waals surface area contributed by atoms with Gasteiger partial charge in [0.15, 0.2) is 0 Å². The zero-order valence-corrected chi connectivity index (χ0v) is 25.6. The number of pyridine rings is 1. The first-order valence-corrected chi connectivity index (χ1v) is 14.0. The van der Waals surface area contributed by atoms with Gasteiger partial charge in [-0.15, -0.1) is 0 Å². The minimum atomic E-state index is -4.52. The number of carbonyl (C=O) groups excluding carboxylic acids is 2. The molecular formula is C29H34ClF3N6O4. The van der Waals surface area contributed by atoms with Crippen molar-refractivity contribution in [1.29, 1.82) is 0 Å². The Bertz CT molecular complexity index is 1510. The molecule has 1 aromatic carbocycles. The SMILES string of the molecule is CC(C)(C)OC(=O)Nc1ccc(CC(F)(F)F)c(-c2cc3ncnc(N4CCN(C(=O)OC(C)(C)C)CC4)c3cc2Cl)n1. The van der Waals surface area contributed by atoms with Crippen molar-refractivity contribution in [2.75, 3.05) is 36.4 Å². The maximum atomic E-state index is 13.5. The summed E-state index contributed by atoms with van der Waals surface area (Å²) in [6.07, 6.45) is -5.61. The highest BCUT2D eigenvalue weighted by molar-refractivity contribution is 6.34. The predicted molar refractivity (Wildman–Crippen MR) is 157 cm³/mol. The van der Waals surface area contributed by atoms with Crippen molar-refractivity contribution in [3.63, 3.8) is 0 Å². The molecule has 1 saturated heterocycles. The summed E-state index contributed by atoms with van der Waals surface area (Å²) in [5, 5.41) is 3.18. The molecule has 0 radical (unpaired) electrons. The monoisotopic (exact) mass is 622 g/mol. The van der Waals surface area contributed by atoms with Crippen LogP contribution in [0.2, 0.25) is 5.02 Å². The van der Waals surface area contributed by atoms with Crippen LogP contribution in [-0.2, 0) is 15.9 Å². The van der Waals surface area contributed by atoms with Crippen molar-refractivity contribution >= 4 is 46.3 Å². The maximum absolute atomic E-state index is 13.5. The fraction of sp³-hybridized carbons (Fsp3) is 0.483. The molecule has 3 heterocycles. The van der Waals surface area contributed by atoms with E-state index in [4.69, 9.17) is 21.1 Å². The molecule has 232 valence electrons. The molecule has 14 heteroatoms. The van der Waals surface area contributed by atoms with Gasteiger partial charge in [-0.1, -0.05) is 17.7 Å². The zero-order valence-electron chi connectivity index (χ0n) is 24.8. The van der Waals surface area contributed by atoms with Crippen LogP contribution in [0.4, 0.5) is 34.4 Å². The minimum absolute atomic E-state index is 0.00225. The fourth-order valence-corrected chi connectivity index (χ4v) is 4.73. The van der Waals surface area contributed by atoms with E-state index in [1.54, 1.807) is 37.8 Å². The van der Waals surface area contributed by atoms with Crippen LogP contribution in [-0.4, -0.2) is 75.6 Å². The van der Waals surface area contributed by atoms with Crippen LogP contribution in [0.15, 0.2) is 30.6 Å². The van der Waals surface area contributed by atoms with E-state index < -0.39 is 36.0 Å². The maximum Gasteiger partial charge on any atom is 0.413 e. The van der Waals surface area contributed by atoms with E-state index in [-0.39, 0.29) is 27.7 Å². The first-order chi connectivity index (χ1) is 19.9. The Morgan fingerprint density at radius 1 is 0.953 bits per heavy atom. The summed E-state index contributed by atoms with van der Waals surface area (Å²) in [5.74, 6) is 0.573. The average molecular weight is 623 g/mol. The summed E-state index contributed by atoms with van der Waals surface area (Å²) in [6, 6.07) is 5.67. The van der Waals surface area contributed by atoms with E-state index in [0.717, 1.165) is 0 Å². The number of carbonyl (C=O) groups is 2. The summed E-state index contributed by atoms with van der Waals surface area (Å²) >= 11 is 6.69. The third-order valence-corrected chi connectivity index (χ3v) is 6.50. The molecule has 0 saturated carbocycles. The number of nitrogens with zero attached hydrogens (tertiary/aromatic N) is 5.